The summed E-state index contributed by atoms with van der Waals surface area (Å²) in [4.78, 5) is 16.8. The zero-order valence-corrected chi connectivity index (χ0v) is 17.2. The number of carbonyl (C=O) groups is 1. The number of pyridine rings is 1. The molecule has 0 unspecified atom stereocenters. The number of aliphatic hydroxyl groups is 1. The molecule has 3 aromatic rings. The molecule has 0 spiro atoms. The summed E-state index contributed by atoms with van der Waals surface area (Å²) in [6, 6.07) is 13.4. The molecule has 0 saturated heterocycles. The normalized spacial score (nSPS) is 11.0. The van der Waals surface area contributed by atoms with E-state index in [0.717, 1.165) is 28.3 Å². The highest BCUT2D eigenvalue weighted by atomic mass is 35.5. The number of rotatable bonds is 10. The number of aromatic nitrogens is 3. The van der Waals surface area contributed by atoms with Crippen molar-refractivity contribution < 1.29 is 9.90 Å². The quantitative estimate of drug-likeness (QED) is 0.500. The average Bonchev–Trinajstić information content (AvgIpc) is 3.09. The van der Waals surface area contributed by atoms with Gasteiger partial charge in [0.15, 0.2) is 0 Å². The second-order valence-electron chi connectivity index (χ2n) is 6.94. The summed E-state index contributed by atoms with van der Waals surface area (Å²) in [5, 5.41) is 17.1. The van der Waals surface area contributed by atoms with E-state index < -0.39 is 0 Å². The average molecular weight is 413 g/mol. The van der Waals surface area contributed by atoms with Gasteiger partial charge in [-0.1, -0.05) is 23.7 Å². The van der Waals surface area contributed by atoms with Crippen molar-refractivity contribution in [3.05, 3.63) is 76.3 Å². The summed E-state index contributed by atoms with van der Waals surface area (Å²) in [6.45, 7) is 3.17. The van der Waals surface area contributed by atoms with Crippen LogP contribution in [0.25, 0.3) is 5.69 Å². The number of halogens is 1. The maximum atomic E-state index is 12.5. The van der Waals surface area contributed by atoms with E-state index in [-0.39, 0.29) is 12.4 Å². The Labute approximate surface area is 175 Å². The molecule has 0 fully saturated rings. The number of hydrogen-bond donors (Lipinski definition) is 2. The van der Waals surface area contributed by atoms with E-state index in [1.165, 1.54) is 0 Å². The van der Waals surface area contributed by atoms with Crippen molar-refractivity contribution in [1.29, 1.82) is 0 Å². The standard InChI is InChI=1S/C22H25ClN4O2/c1-16-11-21(27(26-16)20-4-2-3-18(23)13-20)7-8-22(29)12-17-5-6-19(25-14-17)15-24-9-10-28/h2-6,11,13-14,24,28H,7-10,12,15H2,1H3. The first-order valence-electron chi connectivity index (χ1n) is 9.63. The van der Waals surface area contributed by atoms with Crippen LogP contribution in [0.1, 0.15) is 29.1 Å². The van der Waals surface area contributed by atoms with Crippen molar-refractivity contribution in [2.45, 2.75) is 32.7 Å². The molecule has 0 saturated carbocycles. The first-order chi connectivity index (χ1) is 14.0. The molecule has 2 aromatic heterocycles. The largest absolute Gasteiger partial charge is 0.395 e. The summed E-state index contributed by atoms with van der Waals surface area (Å²) in [5.74, 6) is 0.162. The number of Topliss-reactive ketones (excluding diaryl/α,β-unsaturated/α-hetero) is 1. The van der Waals surface area contributed by atoms with Gasteiger partial charge in [-0.3, -0.25) is 9.78 Å². The zero-order valence-electron chi connectivity index (χ0n) is 16.4. The summed E-state index contributed by atoms with van der Waals surface area (Å²) < 4.78 is 1.85. The number of aliphatic hydroxyl groups excluding tert-OH is 1. The topological polar surface area (TPSA) is 80.0 Å². The van der Waals surface area contributed by atoms with Gasteiger partial charge in [-0.15, -0.1) is 0 Å². The van der Waals surface area contributed by atoms with Gasteiger partial charge in [0.25, 0.3) is 0 Å². The van der Waals surface area contributed by atoms with Crippen LogP contribution in [0.15, 0.2) is 48.7 Å². The van der Waals surface area contributed by atoms with Crippen molar-refractivity contribution in [2.24, 2.45) is 0 Å². The first-order valence-corrected chi connectivity index (χ1v) is 10.0. The summed E-state index contributed by atoms with van der Waals surface area (Å²) in [7, 11) is 0. The van der Waals surface area contributed by atoms with Gasteiger partial charge in [0.1, 0.15) is 5.78 Å². The third kappa shape index (κ3) is 6.22. The first kappa shape index (κ1) is 21.2. The van der Waals surface area contributed by atoms with Gasteiger partial charge in [-0.2, -0.15) is 5.10 Å². The fourth-order valence-electron chi connectivity index (χ4n) is 3.11. The van der Waals surface area contributed by atoms with Crippen LogP contribution in [0, 0.1) is 6.92 Å². The molecule has 3 rings (SSSR count). The Hall–Kier alpha value is -2.54. The fourth-order valence-corrected chi connectivity index (χ4v) is 3.29. The van der Waals surface area contributed by atoms with Gasteiger partial charge in [-0.25, -0.2) is 4.68 Å². The number of hydrogen-bond acceptors (Lipinski definition) is 5. The van der Waals surface area contributed by atoms with Crippen molar-refractivity contribution in [3.8, 4) is 5.69 Å². The molecular formula is C22H25ClN4O2. The maximum Gasteiger partial charge on any atom is 0.137 e. The minimum atomic E-state index is 0.0995. The number of nitrogens with zero attached hydrogens (tertiary/aromatic N) is 3. The molecule has 152 valence electrons. The highest BCUT2D eigenvalue weighted by Crippen LogP contribution is 2.18. The van der Waals surface area contributed by atoms with Gasteiger partial charge in [0.2, 0.25) is 0 Å². The Balaban J connectivity index is 1.57. The maximum absolute atomic E-state index is 12.5. The minimum absolute atomic E-state index is 0.0995. The van der Waals surface area contributed by atoms with E-state index in [9.17, 15) is 4.79 Å². The van der Waals surface area contributed by atoms with Crippen LogP contribution in [0.4, 0.5) is 0 Å². The lowest BCUT2D eigenvalue weighted by Gasteiger charge is -2.08. The molecule has 0 aliphatic carbocycles. The molecule has 6 nitrogen and oxygen atoms in total. The predicted octanol–water partition coefficient (Wildman–Crippen LogP) is 3.06. The molecular weight excluding hydrogens is 388 g/mol. The van der Waals surface area contributed by atoms with Crippen molar-refractivity contribution in [2.75, 3.05) is 13.2 Å². The number of carbonyl (C=O) groups excluding carboxylic acids is 1. The molecule has 0 atom stereocenters. The van der Waals surface area contributed by atoms with Crippen LogP contribution in [0.5, 0.6) is 0 Å². The Kier molecular flexibility index (Phi) is 7.52. The van der Waals surface area contributed by atoms with E-state index in [1.807, 2.05) is 54.1 Å². The van der Waals surface area contributed by atoms with Gasteiger partial charge in [0, 0.05) is 42.8 Å². The van der Waals surface area contributed by atoms with Crippen LogP contribution in [0.3, 0.4) is 0 Å². The lowest BCUT2D eigenvalue weighted by molar-refractivity contribution is -0.118. The Morgan fingerprint density at radius 1 is 1.24 bits per heavy atom. The monoisotopic (exact) mass is 412 g/mol. The van der Waals surface area contributed by atoms with Crippen molar-refractivity contribution in [1.82, 2.24) is 20.1 Å². The SMILES string of the molecule is Cc1cc(CCC(=O)Cc2ccc(CNCCO)nc2)n(-c2cccc(Cl)c2)n1. The Morgan fingerprint density at radius 2 is 2.10 bits per heavy atom. The second-order valence-corrected chi connectivity index (χ2v) is 7.38. The zero-order chi connectivity index (χ0) is 20.6. The minimum Gasteiger partial charge on any atom is -0.395 e. The molecule has 7 heteroatoms. The van der Waals surface area contributed by atoms with E-state index >= 15 is 0 Å². The molecule has 0 bridgehead atoms. The summed E-state index contributed by atoms with van der Waals surface area (Å²) in [5.41, 5.74) is 4.57. The van der Waals surface area contributed by atoms with Crippen LogP contribution in [-0.4, -0.2) is 38.8 Å². The summed E-state index contributed by atoms with van der Waals surface area (Å²) >= 11 is 6.10. The molecule has 0 radical (unpaired) electrons. The molecule has 1 aromatic carbocycles. The molecule has 29 heavy (non-hydrogen) atoms. The lowest BCUT2D eigenvalue weighted by atomic mass is 10.1. The van der Waals surface area contributed by atoms with Crippen LogP contribution < -0.4 is 5.32 Å². The van der Waals surface area contributed by atoms with Crippen molar-refractivity contribution >= 4 is 17.4 Å². The summed E-state index contributed by atoms with van der Waals surface area (Å²) in [6.07, 6.45) is 3.16. The molecule has 0 amide bonds. The number of benzene rings is 1. The number of aryl methyl sites for hydroxylation is 2. The molecule has 0 aliphatic rings. The molecule has 2 heterocycles. The highest BCUT2D eigenvalue weighted by Gasteiger charge is 2.11. The molecule has 2 N–H and O–H groups in total. The van der Waals surface area contributed by atoms with E-state index in [0.29, 0.717) is 37.4 Å². The van der Waals surface area contributed by atoms with Gasteiger partial charge in [-0.05, 0) is 49.2 Å². The number of nitrogens with one attached hydrogen (secondary N) is 1. The van der Waals surface area contributed by atoms with Crippen LogP contribution in [0.2, 0.25) is 5.02 Å². The van der Waals surface area contributed by atoms with E-state index in [2.05, 4.69) is 15.4 Å². The second kappa shape index (κ2) is 10.3. The van der Waals surface area contributed by atoms with Crippen molar-refractivity contribution in [3.63, 3.8) is 0 Å². The van der Waals surface area contributed by atoms with Gasteiger partial charge >= 0.3 is 0 Å². The number of ketones is 1. The highest BCUT2D eigenvalue weighted by molar-refractivity contribution is 6.30. The Morgan fingerprint density at radius 3 is 2.83 bits per heavy atom. The fraction of sp³-hybridized carbons (Fsp3) is 0.318. The van der Waals surface area contributed by atoms with E-state index in [1.54, 1.807) is 6.20 Å². The lowest BCUT2D eigenvalue weighted by Crippen LogP contribution is -2.18. The van der Waals surface area contributed by atoms with Crippen LogP contribution in [-0.2, 0) is 24.2 Å². The third-order valence-corrected chi connectivity index (χ3v) is 4.74. The van der Waals surface area contributed by atoms with Gasteiger partial charge < -0.3 is 10.4 Å². The van der Waals surface area contributed by atoms with Gasteiger partial charge in [0.05, 0.1) is 23.7 Å². The predicted molar refractivity (Wildman–Crippen MR) is 113 cm³/mol. The van der Waals surface area contributed by atoms with E-state index in [4.69, 9.17) is 16.7 Å². The van der Waals surface area contributed by atoms with Crippen LogP contribution >= 0.6 is 11.6 Å². The molecule has 0 aliphatic heterocycles. The third-order valence-electron chi connectivity index (χ3n) is 4.50. The Bertz CT molecular complexity index is 954. The smallest absolute Gasteiger partial charge is 0.137 e.